The minimum Gasteiger partial charge on any atom is -0.507 e. The number of likely N-dealkylation sites (tertiary alicyclic amines) is 1. The lowest BCUT2D eigenvalue weighted by Gasteiger charge is -2.27. The maximum atomic E-state index is 12.9. The predicted octanol–water partition coefficient (Wildman–Crippen LogP) is 3.60. The van der Waals surface area contributed by atoms with Gasteiger partial charge in [0.15, 0.2) is 0 Å². The van der Waals surface area contributed by atoms with Gasteiger partial charge in [-0.2, -0.15) is 0 Å². The Morgan fingerprint density at radius 3 is 2.61 bits per heavy atom. The number of carbonyl (C=O) groups is 2. The van der Waals surface area contributed by atoms with E-state index in [1.165, 1.54) is 0 Å². The summed E-state index contributed by atoms with van der Waals surface area (Å²) in [6.07, 6.45) is 1.73. The number of amides is 1. The van der Waals surface area contributed by atoms with Gasteiger partial charge in [0, 0.05) is 18.7 Å². The molecular formula is C23H23NO4. The normalized spacial score (nSPS) is 24.1. The molecule has 2 aromatic carbocycles. The van der Waals surface area contributed by atoms with Crippen molar-refractivity contribution in [2.75, 3.05) is 13.2 Å². The van der Waals surface area contributed by atoms with E-state index < -0.39 is 17.7 Å². The first kappa shape index (κ1) is 18.4. The van der Waals surface area contributed by atoms with Crippen LogP contribution in [-0.4, -0.2) is 41.0 Å². The van der Waals surface area contributed by atoms with E-state index in [1.54, 1.807) is 29.2 Å². The molecule has 144 valence electrons. The van der Waals surface area contributed by atoms with E-state index >= 15 is 0 Å². The lowest BCUT2D eigenvalue weighted by Crippen LogP contribution is -2.36. The summed E-state index contributed by atoms with van der Waals surface area (Å²) in [5.41, 5.74) is 2.50. The molecule has 5 heteroatoms. The van der Waals surface area contributed by atoms with Crippen LogP contribution < -0.4 is 0 Å². The molecular weight excluding hydrogens is 354 g/mol. The smallest absolute Gasteiger partial charge is 0.295 e. The Balaban J connectivity index is 1.83. The number of ketones is 1. The second-order valence-electron chi connectivity index (χ2n) is 7.37. The molecule has 2 unspecified atom stereocenters. The van der Waals surface area contributed by atoms with Gasteiger partial charge in [0.1, 0.15) is 5.76 Å². The number of rotatable bonds is 4. The molecule has 0 bridgehead atoms. The number of ether oxygens (including phenoxy) is 1. The van der Waals surface area contributed by atoms with Gasteiger partial charge in [-0.1, -0.05) is 60.2 Å². The summed E-state index contributed by atoms with van der Waals surface area (Å²) < 4.78 is 5.70. The summed E-state index contributed by atoms with van der Waals surface area (Å²) in [5, 5.41) is 10.9. The zero-order valence-corrected chi connectivity index (χ0v) is 15.8. The van der Waals surface area contributed by atoms with Crippen molar-refractivity contribution >= 4 is 17.4 Å². The molecule has 5 nitrogen and oxygen atoms in total. The maximum Gasteiger partial charge on any atom is 0.295 e. The molecule has 2 aliphatic heterocycles. The molecule has 4 rings (SSSR count). The molecule has 2 fully saturated rings. The largest absolute Gasteiger partial charge is 0.507 e. The van der Waals surface area contributed by atoms with Crippen molar-refractivity contribution in [1.29, 1.82) is 0 Å². The first-order valence-electron chi connectivity index (χ1n) is 9.58. The number of aryl methyl sites for hydroxylation is 1. The van der Waals surface area contributed by atoms with Crippen LogP contribution >= 0.6 is 0 Å². The van der Waals surface area contributed by atoms with E-state index in [4.69, 9.17) is 4.74 Å². The number of carbonyl (C=O) groups excluding carboxylic acids is 2. The molecule has 2 atom stereocenters. The van der Waals surface area contributed by atoms with E-state index in [1.807, 2.05) is 37.3 Å². The fourth-order valence-electron chi connectivity index (χ4n) is 4.01. The van der Waals surface area contributed by atoms with Crippen molar-refractivity contribution in [1.82, 2.24) is 4.90 Å². The summed E-state index contributed by atoms with van der Waals surface area (Å²) in [7, 11) is 0. The average Bonchev–Trinajstić information content (AvgIpc) is 3.30. The summed E-state index contributed by atoms with van der Waals surface area (Å²) in [4.78, 5) is 27.4. The molecule has 1 amide bonds. The molecule has 0 aliphatic carbocycles. The topological polar surface area (TPSA) is 66.8 Å². The lowest BCUT2D eigenvalue weighted by atomic mass is 9.94. The van der Waals surface area contributed by atoms with Gasteiger partial charge in [0.05, 0.1) is 17.7 Å². The van der Waals surface area contributed by atoms with Crippen LogP contribution in [0.3, 0.4) is 0 Å². The zero-order chi connectivity index (χ0) is 19.7. The highest BCUT2D eigenvalue weighted by Gasteiger charge is 2.47. The molecule has 0 radical (unpaired) electrons. The van der Waals surface area contributed by atoms with Crippen LogP contribution in [0.1, 0.15) is 35.6 Å². The van der Waals surface area contributed by atoms with E-state index in [9.17, 15) is 14.7 Å². The number of benzene rings is 2. The minimum absolute atomic E-state index is 0.0812. The Morgan fingerprint density at radius 2 is 1.93 bits per heavy atom. The number of aliphatic hydroxyl groups is 1. The van der Waals surface area contributed by atoms with Crippen LogP contribution in [0, 0.1) is 6.92 Å². The van der Waals surface area contributed by atoms with E-state index in [0.717, 1.165) is 24.0 Å². The van der Waals surface area contributed by atoms with Crippen LogP contribution in [0.15, 0.2) is 60.2 Å². The highest BCUT2D eigenvalue weighted by atomic mass is 16.5. The van der Waals surface area contributed by atoms with Crippen molar-refractivity contribution in [3.63, 3.8) is 0 Å². The van der Waals surface area contributed by atoms with Crippen LogP contribution in [-0.2, 0) is 14.3 Å². The van der Waals surface area contributed by atoms with Gasteiger partial charge < -0.3 is 14.7 Å². The Hall–Kier alpha value is -2.92. The fourth-order valence-corrected chi connectivity index (χ4v) is 4.01. The monoisotopic (exact) mass is 377 g/mol. The van der Waals surface area contributed by atoms with E-state index in [-0.39, 0.29) is 17.4 Å². The zero-order valence-electron chi connectivity index (χ0n) is 15.8. The fraction of sp³-hybridized carbons (Fsp3) is 0.304. The first-order chi connectivity index (χ1) is 13.6. The van der Waals surface area contributed by atoms with Gasteiger partial charge in [-0.25, -0.2) is 0 Å². The van der Waals surface area contributed by atoms with Crippen molar-refractivity contribution in [2.24, 2.45) is 0 Å². The van der Waals surface area contributed by atoms with Gasteiger partial charge in [-0.15, -0.1) is 0 Å². The molecule has 28 heavy (non-hydrogen) atoms. The molecule has 0 aromatic heterocycles. The Labute approximate surface area is 164 Å². The second kappa shape index (κ2) is 7.60. The van der Waals surface area contributed by atoms with Gasteiger partial charge in [0.25, 0.3) is 11.7 Å². The van der Waals surface area contributed by atoms with Crippen LogP contribution in [0.25, 0.3) is 5.76 Å². The van der Waals surface area contributed by atoms with Gasteiger partial charge >= 0.3 is 0 Å². The third kappa shape index (κ3) is 3.34. The van der Waals surface area contributed by atoms with Crippen molar-refractivity contribution in [2.45, 2.75) is 31.9 Å². The lowest BCUT2D eigenvalue weighted by molar-refractivity contribution is -0.140. The first-order valence-corrected chi connectivity index (χ1v) is 9.58. The highest BCUT2D eigenvalue weighted by Crippen LogP contribution is 2.40. The van der Waals surface area contributed by atoms with Crippen molar-refractivity contribution < 1.29 is 19.4 Å². The minimum atomic E-state index is -0.647. The molecule has 2 heterocycles. The van der Waals surface area contributed by atoms with Crippen LogP contribution in [0.5, 0.6) is 0 Å². The Bertz CT molecular complexity index is 929. The Morgan fingerprint density at radius 1 is 1.14 bits per heavy atom. The molecule has 2 saturated heterocycles. The summed E-state index contributed by atoms with van der Waals surface area (Å²) in [5.74, 6) is -1.37. The van der Waals surface area contributed by atoms with Crippen molar-refractivity contribution in [3.8, 4) is 0 Å². The number of hydrogen-bond donors (Lipinski definition) is 1. The van der Waals surface area contributed by atoms with Gasteiger partial charge in [-0.3, -0.25) is 9.59 Å². The van der Waals surface area contributed by atoms with Crippen molar-refractivity contribution in [3.05, 3.63) is 76.9 Å². The van der Waals surface area contributed by atoms with E-state index in [0.29, 0.717) is 18.7 Å². The SMILES string of the molecule is Cc1cccc(C2/C(=C(/O)c3ccccc3)C(=O)C(=O)N2CC2CCCO2)c1. The molecule has 0 saturated carbocycles. The van der Waals surface area contributed by atoms with Crippen LogP contribution in [0.2, 0.25) is 0 Å². The standard InChI is InChI=1S/C23H23NO4/c1-15-7-5-10-17(13-15)20-19(21(25)16-8-3-2-4-9-16)22(26)23(27)24(20)14-18-11-6-12-28-18/h2-5,7-10,13,18,20,25H,6,11-12,14H2,1H3/b21-19-. The maximum absolute atomic E-state index is 12.9. The number of hydrogen-bond acceptors (Lipinski definition) is 4. The molecule has 1 N–H and O–H groups in total. The number of nitrogens with zero attached hydrogens (tertiary/aromatic N) is 1. The highest BCUT2D eigenvalue weighted by molar-refractivity contribution is 6.46. The number of aliphatic hydroxyl groups excluding tert-OH is 1. The molecule has 2 aliphatic rings. The quantitative estimate of drug-likeness (QED) is 0.502. The summed E-state index contributed by atoms with van der Waals surface area (Å²) in [6.45, 7) is 2.98. The predicted molar refractivity (Wildman–Crippen MR) is 106 cm³/mol. The van der Waals surface area contributed by atoms with E-state index in [2.05, 4.69) is 0 Å². The van der Waals surface area contributed by atoms with Crippen LogP contribution in [0.4, 0.5) is 0 Å². The molecule has 0 spiro atoms. The summed E-state index contributed by atoms with van der Waals surface area (Å²) in [6, 6.07) is 16.0. The van der Waals surface area contributed by atoms with Gasteiger partial charge in [0.2, 0.25) is 0 Å². The third-order valence-corrected chi connectivity index (χ3v) is 5.37. The molecule has 2 aromatic rings. The Kier molecular flexibility index (Phi) is 5.01. The average molecular weight is 377 g/mol. The van der Waals surface area contributed by atoms with Gasteiger partial charge in [-0.05, 0) is 25.3 Å². The second-order valence-corrected chi connectivity index (χ2v) is 7.37. The summed E-state index contributed by atoms with van der Waals surface area (Å²) >= 11 is 0. The number of Topliss-reactive ketones (excluding diaryl/α,β-unsaturated/α-hetero) is 1. The third-order valence-electron chi connectivity index (χ3n) is 5.37.